The number of carbonyl (C=O) groups excluding carboxylic acids is 1. The van der Waals surface area contributed by atoms with Crippen molar-refractivity contribution >= 4 is 35.5 Å². The molecule has 3 aromatic rings. The SMILES string of the molecule is COc1cccc(C=Cc2nc(C#N)c(N3CCN(C(=O)c4ccccc4Cl)CC3)o2)c1. The molecule has 1 fully saturated rings. The van der Waals surface area contributed by atoms with E-state index in [4.69, 9.17) is 20.8 Å². The first-order valence-electron chi connectivity index (χ1n) is 10.1. The first kappa shape index (κ1) is 21.5. The average Bonchev–Trinajstić information content (AvgIpc) is 3.26. The monoisotopic (exact) mass is 448 g/mol. The van der Waals surface area contributed by atoms with Crippen LogP contribution < -0.4 is 9.64 Å². The van der Waals surface area contributed by atoms with Crippen molar-refractivity contribution in [2.45, 2.75) is 0 Å². The number of benzene rings is 2. The van der Waals surface area contributed by atoms with Gasteiger partial charge in [0.2, 0.25) is 17.5 Å². The smallest absolute Gasteiger partial charge is 0.255 e. The Kier molecular flexibility index (Phi) is 6.43. The molecule has 8 heteroatoms. The normalized spacial score (nSPS) is 13.9. The summed E-state index contributed by atoms with van der Waals surface area (Å²) in [7, 11) is 1.62. The molecule has 32 heavy (non-hydrogen) atoms. The van der Waals surface area contributed by atoms with Gasteiger partial charge in [-0.05, 0) is 35.9 Å². The average molecular weight is 449 g/mol. The summed E-state index contributed by atoms with van der Waals surface area (Å²) in [6.45, 7) is 2.04. The van der Waals surface area contributed by atoms with Gasteiger partial charge in [-0.15, -0.1) is 0 Å². The van der Waals surface area contributed by atoms with Crippen molar-refractivity contribution in [2.24, 2.45) is 0 Å². The fraction of sp³-hybridized carbons (Fsp3) is 0.208. The van der Waals surface area contributed by atoms with Crippen LogP contribution in [0.25, 0.3) is 12.2 Å². The summed E-state index contributed by atoms with van der Waals surface area (Å²) < 4.78 is 11.1. The number of methoxy groups -OCH3 is 1. The number of hydrogen-bond acceptors (Lipinski definition) is 6. The highest BCUT2D eigenvalue weighted by molar-refractivity contribution is 6.33. The third-order valence-corrected chi connectivity index (χ3v) is 5.53. The second-order valence-corrected chi connectivity index (χ2v) is 7.59. The molecule has 162 valence electrons. The highest BCUT2D eigenvalue weighted by Crippen LogP contribution is 2.25. The maximum absolute atomic E-state index is 12.8. The van der Waals surface area contributed by atoms with Gasteiger partial charge < -0.3 is 19.0 Å². The Labute approximate surface area is 191 Å². The predicted octanol–water partition coefficient (Wildman–Crippen LogP) is 4.34. The Balaban J connectivity index is 1.45. The van der Waals surface area contributed by atoms with E-state index < -0.39 is 0 Å². The first-order chi connectivity index (χ1) is 15.6. The predicted molar refractivity (Wildman–Crippen MR) is 123 cm³/mol. The van der Waals surface area contributed by atoms with Crippen LogP contribution >= 0.6 is 11.6 Å². The lowest BCUT2D eigenvalue weighted by Gasteiger charge is -2.34. The number of oxazole rings is 1. The van der Waals surface area contributed by atoms with Crippen LogP contribution in [0.15, 0.2) is 52.9 Å². The molecule has 0 radical (unpaired) electrons. The van der Waals surface area contributed by atoms with Crippen LogP contribution in [0.5, 0.6) is 5.75 Å². The lowest BCUT2D eigenvalue weighted by Crippen LogP contribution is -2.49. The molecule has 1 amide bonds. The Morgan fingerprint density at radius 3 is 2.66 bits per heavy atom. The standard InChI is InChI=1S/C24H21ClN4O3/c1-31-18-6-4-5-17(15-18)9-10-22-27-21(16-26)24(32-22)29-13-11-28(12-14-29)23(30)19-7-2-3-8-20(19)25/h2-10,15H,11-14H2,1H3. The summed E-state index contributed by atoms with van der Waals surface area (Å²) >= 11 is 6.17. The summed E-state index contributed by atoms with van der Waals surface area (Å²) in [6, 6.07) is 16.7. The molecular formula is C24H21ClN4O3. The number of ether oxygens (including phenoxy) is 1. The maximum atomic E-state index is 12.8. The van der Waals surface area contributed by atoms with Crippen molar-refractivity contribution in [3.8, 4) is 11.8 Å². The number of rotatable bonds is 5. The Morgan fingerprint density at radius 1 is 1.16 bits per heavy atom. The molecule has 0 aliphatic carbocycles. The number of halogens is 1. The highest BCUT2D eigenvalue weighted by Gasteiger charge is 2.27. The molecule has 0 bridgehead atoms. The topological polar surface area (TPSA) is 82.6 Å². The first-order valence-corrected chi connectivity index (χ1v) is 10.5. The number of aromatic nitrogens is 1. The van der Waals surface area contributed by atoms with Gasteiger partial charge in [-0.3, -0.25) is 4.79 Å². The third kappa shape index (κ3) is 4.61. The largest absolute Gasteiger partial charge is 0.497 e. The van der Waals surface area contributed by atoms with Crippen molar-refractivity contribution in [2.75, 3.05) is 38.2 Å². The van der Waals surface area contributed by atoms with E-state index in [9.17, 15) is 10.1 Å². The molecule has 0 atom stereocenters. The lowest BCUT2D eigenvalue weighted by molar-refractivity contribution is 0.0745. The zero-order valence-corrected chi connectivity index (χ0v) is 18.2. The van der Waals surface area contributed by atoms with E-state index in [-0.39, 0.29) is 11.6 Å². The van der Waals surface area contributed by atoms with Crippen molar-refractivity contribution in [3.63, 3.8) is 0 Å². The van der Waals surface area contributed by atoms with Gasteiger partial charge in [0, 0.05) is 32.3 Å². The lowest BCUT2D eigenvalue weighted by atomic mass is 10.2. The van der Waals surface area contributed by atoms with Gasteiger partial charge >= 0.3 is 0 Å². The minimum atomic E-state index is -0.102. The number of piperazine rings is 1. The molecule has 2 heterocycles. The number of nitriles is 1. The molecule has 1 saturated heterocycles. The molecule has 1 aromatic heterocycles. The van der Waals surface area contributed by atoms with Crippen LogP contribution in [0.4, 0.5) is 5.88 Å². The summed E-state index contributed by atoms with van der Waals surface area (Å²) in [5.41, 5.74) is 1.64. The van der Waals surface area contributed by atoms with Crippen LogP contribution in [0, 0.1) is 11.3 Å². The van der Waals surface area contributed by atoms with Gasteiger partial charge in [-0.1, -0.05) is 35.9 Å². The Hall–Kier alpha value is -3.76. The molecule has 0 saturated carbocycles. The Morgan fingerprint density at radius 2 is 1.94 bits per heavy atom. The van der Waals surface area contributed by atoms with E-state index in [1.54, 1.807) is 42.4 Å². The van der Waals surface area contributed by atoms with Gasteiger partial charge in [0.25, 0.3) is 5.91 Å². The molecule has 4 rings (SSSR count). The molecule has 0 N–H and O–H groups in total. The highest BCUT2D eigenvalue weighted by atomic mass is 35.5. The number of amides is 1. The molecule has 1 aliphatic rings. The quantitative estimate of drug-likeness (QED) is 0.577. The van der Waals surface area contributed by atoms with E-state index in [2.05, 4.69) is 11.1 Å². The van der Waals surface area contributed by atoms with E-state index in [0.717, 1.165) is 11.3 Å². The van der Waals surface area contributed by atoms with Gasteiger partial charge in [0.05, 0.1) is 17.7 Å². The van der Waals surface area contributed by atoms with E-state index >= 15 is 0 Å². The summed E-state index contributed by atoms with van der Waals surface area (Å²) in [5.74, 6) is 1.41. The number of hydrogen-bond donors (Lipinski definition) is 0. The minimum absolute atomic E-state index is 0.102. The van der Waals surface area contributed by atoms with Crippen LogP contribution in [0.3, 0.4) is 0 Å². The summed E-state index contributed by atoms with van der Waals surface area (Å²) in [6.07, 6.45) is 3.57. The molecule has 1 aliphatic heterocycles. The van der Waals surface area contributed by atoms with E-state index in [0.29, 0.717) is 48.5 Å². The summed E-state index contributed by atoms with van der Waals surface area (Å²) in [4.78, 5) is 20.8. The van der Waals surface area contributed by atoms with Gasteiger partial charge in [-0.25, -0.2) is 0 Å². The van der Waals surface area contributed by atoms with Crippen LogP contribution in [-0.2, 0) is 0 Å². The van der Waals surface area contributed by atoms with Crippen LogP contribution in [-0.4, -0.2) is 49.1 Å². The van der Waals surface area contributed by atoms with Crippen LogP contribution in [0.2, 0.25) is 5.02 Å². The fourth-order valence-corrected chi connectivity index (χ4v) is 3.73. The fourth-order valence-electron chi connectivity index (χ4n) is 3.52. The summed E-state index contributed by atoms with van der Waals surface area (Å²) in [5, 5.41) is 9.96. The van der Waals surface area contributed by atoms with Gasteiger partial charge in [0.1, 0.15) is 11.8 Å². The molecule has 0 spiro atoms. The number of carbonyl (C=O) groups is 1. The van der Waals surface area contributed by atoms with Crippen molar-refractivity contribution in [1.29, 1.82) is 5.26 Å². The molecular weight excluding hydrogens is 428 g/mol. The second kappa shape index (κ2) is 9.58. The van der Waals surface area contributed by atoms with Crippen LogP contribution in [0.1, 0.15) is 27.5 Å². The second-order valence-electron chi connectivity index (χ2n) is 7.19. The third-order valence-electron chi connectivity index (χ3n) is 5.20. The van der Waals surface area contributed by atoms with E-state index in [1.807, 2.05) is 35.2 Å². The maximum Gasteiger partial charge on any atom is 0.255 e. The van der Waals surface area contributed by atoms with Gasteiger partial charge in [0.15, 0.2) is 0 Å². The van der Waals surface area contributed by atoms with Crippen molar-refractivity contribution < 1.29 is 13.9 Å². The molecule has 7 nitrogen and oxygen atoms in total. The molecule has 0 unspecified atom stereocenters. The Bertz CT molecular complexity index is 1190. The van der Waals surface area contributed by atoms with Crippen molar-refractivity contribution in [3.05, 3.63) is 76.3 Å². The zero-order valence-electron chi connectivity index (χ0n) is 17.5. The minimum Gasteiger partial charge on any atom is -0.497 e. The zero-order chi connectivity index (χ0) is 22.5. The van der Waals surface area contributed by atoms with Crippen molar-refractivity contribution in [1.82, 2.24) is 9.88 Å². The number of nitrogens with zero attached hydrogens (tertiary/aromatic N) is 4. The van der Waals surface area contributed by atoms with Gasteiger partial charge in [-0.2, -0.15) is 10.2 Å². The molecule has 2 aromatic carbocycles. The van der Waals surface area contributed by atoms with E-state index in [1.165, 1.54) is 0 Å². The number of anilines is 1.